The van der Waals surface area contributed by atoms with Gasteiger partial charge >= 0.3 is 24.3 Å². The molecule has 0 aliphatic carbocycles. The molecule has 0 spiro atoms. The van der Waals surface area contributed by atoms with Crippen LogP contribution in [-0.2, 0) is 19.1 Å². The number of likely N-dealkylation sites (tertiary alicyclic amines) is 2. The average Bonchev–Trinajstić information content (AvgIpc) is 4.13. The maximum absolute atomic E-state index is 13.6. The molecule has 3 aromatic heterocycles. The monoisotopic (exact) mass is 904 g/mol. The van der Waals surface area contributed by atoms with Crippen molar-refractivity contribution in [2.75, 3.05) is 27.2 Å². The van der Waals surface area contributed by atoms with E-state index in [4.69, 9.17) is 29.6 Å². The van der Waals surface area contributed by atoms with Crippen molar-refractivity contribution < 1.29 is 52.1 Å². The molecule has 2 saturated heterocycles. The van der Waals surface area contributed by atoms with Gasteiger partial charge in [-0.1, -0.05) is 57.5 Å². The summed E-state index contributed by atoms with van der Waals surface area (Å²) < 4.78 is 36.5. The number of aromatic amines is 2. The number of imidazole rings is 2. The fourth-order valence-corrected chi connectivity index (χ4v) is 8.03. The van der Waals surface area contributed by atoms with E-state index in [1.807, 2.05) is 69.4 Å². The van der Waals surface area contributed by atoms with E-state index in [9.17, 15) is 37.5 Å². The number of carbonyl (C=O) groups excluding carboxylic acids is 3. The van der Waals surface area contributed by atoms with E-state index in [2.05, 4.69) is 20.3 Å². The van der Waals surface area contributed by atoms with Gasteiger partial charge in [-0.2, -0.15) is 13.2 Å². The summed E-state index contributed by atoms with van der Waals surface area (Å²) in [5.74, 6) is -1.84. The smallest absolute Gasteiger partial charge is 0.475 e. The summed E-state index contributed by atoms with van der Waals surface area (Å²) in [5.41, 5.74) is 6.40. The van der Waals surface area contributed by atoms with Gasteiger partial charge in [-0.05, 0) is 50.2 Å². The normalized spacial score (nSPS) is 17.1. The van der Waals surface area contributed by atoms with Gasteiger partial charge in [-0.25, -0.2) is 29.3 Å². The van der Waals surface area contributed by atoms with Crippen molar-refractivity contribution in [1.29, 1.82) is 0 Å². The Bertz CT molecular complexity index is 2510. The molecule has 18 nitrogen and oxygen atoms in total. The summed E-state index contributed by atoms with van der Waals surface area (Å²) in [7, 11) is 2.73. The lowest BCUT2D eigenvalue weighted by molar-refractivity contribution is -0.192. The largest absolute Gasteiger partial charge is 0.490 e. The van der Waals surface area contributed by atoms with Gasteiger partial charge in [-0.15, -0.1) is 0 Å². The molecule has 0 saturated carbocycles. The number of carbonyl (C=O) groups is 5. The number of aromatic nitrogens is 6. The fourth-order valence-electron chi connectivity index (χ4n) is 8.03. The summed E-state index contributed by atoms with van der Waals surface area (Å²) >= 11 is 0. The van der Waals surface area contributed by atoms with Gasteiger partial charge < -0.3 is 40.0 Å². The number of nitrogens with zero attached hydrogens (tertiary/aromatic N) is 7. The number of benzene rings is 2. The number of H-pyrrole nitrogens is 2. The number of likely N-dealkylation sites (N-methyl/N-ethyl adjacent to an activating group) is 1. The molecule has 0 unspecified atom stereocenters. The topological polar surface area (TPSA) is 240 Å². The Hall–Kier alpha value is -7.06. The first-order chi connectivity index (χ1) is 30.9. The predicted octanol–water partition coefficient (Wildman–Crippen LogP) is 7.20. The second-order valence-corrected chi connectivity index (χ2v) is 16.1. The van der Waals surface area contributed by atoms with E-state index >= 15 is 0 Å². The zero-order valence-electron chi connectivity index (χ0n) is 36.4. The number of carboxylic acids is 1. The molecule has 7 rings (SSSR count). The first kappa shape index (κ1) is 47.4. The number of halogens is 3. The van der Waals surface area contributed by atoms with Gasteiger partial charge in [-0.3, -0.25) is 19.5 Å². The number of ether oxygens (including phenoxy) is 1. The summed E-state index contributed by atoms with van der Waals surface area (Å²) in [5, 5.41) is 19.4. The van der Waals surface area contributed by atoms with Gasteiger partial charge in [0.05, 0.1) is 59.7 Å². The van der Waals surface area contributed by atoms with Crippen LogP contribution >= 0.6 is 0 Å². The van der Waals surface area contributed by atoms with Gasteiger partial charge in [0.25, 0.3) is 0 Å². The van der Waals surface area contributed by atoms with E-state index in [0.717, 1.165) is 75.4 Å². The Morgan fingerprint density at radius 3 is 2.05 bits per heavy atom. The molecule has 2 aromatic carbocycles. The lowest BCUT2D eigenvalue weighted by Gasteiger charge is -2.31. The van der Waals surface area contributed by atoms with E-state index in [1.54, 1.807) is 22.2 Å². The number of methoxy groups -OCH3 is 1. The number of nitrogens with one attached hydrogen (secondary N) is 3. The van der Waals surface area contributed by atoms with Gasteiger partial charge in [0.1, 0.15) is 23.7 Å². The molecule has 5 N–H and O–H groups in total. The zero-order chi connectivity index (χ0) is 47.2. The molecular formula is C44H51F3N10O8. The Morgan fingerprint density at radius 2 is 1.46 bits per heavy atom. The van der Waals surface area contributed by atoms with Crippen molar-refractivity contribution in [2.24, 2.45) is 5.92 Å². The van der Waals surface area contributed by atoms with E-state index < -0.39 is 36.4 Å². The number of alkyl halides is 3. The highest BCUT2D eigenvalue weighted by Crippen LogP contribution is 2.35. The van der Waals surface area contributed by atoms with Crippen molar-refractivity contribution in [3.8, 4) is 33.8 Å². The highest BCUT2D eigenvalue weighted by molar-refractivity contribution is 5.87. The average molecular weight is 905 g/mol. The Labute approximate surface area is 371 Å². The number of aliphatic carboxylic acids is 1. The number of carboxylic acid groups (broad SMARTS) is 2. The lowest BCUT2D eigenvalue weighted by atomic mass is 10.0. The van der Waals surface area contributed by atoms with Crippen molar-refractivity contribution in [3.63, 3.8) is 0 Å². The maximum Gasteiger partial charge on any atom is 0.490 e. The van der Waals surface area contributed by atoms with Gasteiger partial charge in [0, 0.05) is 43.0 Å². The summed E-state index contributed by atoms with van der Waals surface area (Å²) in [4.78, 5) is 90.2. The molecule has 65 heavy (non-hydrogen) atoms. The van der Waals surface area contributed by atoms with Crippen LogP contribution in [0.3, 0.4) is 0 Å². The molecule has 4 amide bonds. The molecule has 5 aromatic rings. The second-order valence-electron chi connectivity index (χ2n) is 16.1. The third-order valence-electron chi connectivity index (χ3n) is 11.5. The third kappa shape index (κ3) is 10.8. The fraction of sp³-hybridized carbons (Fsp3) is 0.432. The number of fused-ring (bicyclic) bond motifs is 1. The van der Waals surface area contributed by atoms with Crippen molar-refractivity contribution in [3.05, 3.63) is 72.7 Å². The molecule has 346 valence electrons. The third-order valence-corrected chi connectivity index (χ3v) is 11.5. The quantitative estimate of drug-likeness (QED) is 0.0836. The van der Waals surface area contributed by atoms with Crippen molar-refractivity contribution in [2.45, 2.75) is 89.6 Å². The Balaban J connectivity index is 0.000000925. The Kier molecular flexibility index (Phi) is 14.7. The minimum absolute atomic E-state index is 0.116. The van der Waals surface area contributed by atoms with Crippen LogP contribution in [0.1, 0.15) is 83.0 Å². The zero-order valence-corrected chi connectivity index (χ0v) is 36.4. The number of rotatable bonds is 12. The molecule has 0 bridgehead atoms. The molecule has 2 aliphatic heterocycles. The summed E-state index contributed by atoms with van der Waals surface area (Å²) in [6, 6.07) is 11.9. The minimum atomic E-state index is -5.08. The molecule has 2 aliphatic rings. The van der Waals surface area contributed by atoms with Gasteiger partial charge in [0.15, 0.2) is 0 Å². The summed E-state index contributed by atoms with van der Waals surface area (Å²) in [6.45, 7) is 6.86. The van der Waals surface area contributed by atoms with Gasteiger partial charge in [0.2, 0.25) is 11.8 Å². The second kappa shape index (κ2) is 20.2. The maximum atomic E-state index is 13.6. The molecule has 21 heteroatoms. The van der Waals surface area contributed by atoms with Crippen LogP contribution in [0.25, 0.3) is 44.8 Å². The van der Waals surface area contributed by atoms with E-state index in [0.29, 0.717) is 37.6 Å². The number of hydrogen-bond acceptors (Lipinski definition) is 10. The van der Waals surface area contributed by atoms with E-state index in [-0.39, 0.29) is 29.8 Å². The number of alkyl carbamates (subject to hydrolysis) is 1. The highest BCUT2D eigenvalue weighted by atomic mass is 19.4. The predicted molar refractivity (Wildman–Crippen MR) is 230 cm³/mol. The number of amides is 4. The van der Waals surface area contributed by atoms with Crippen LogP contribution in [0.2, 0.25) is 0 Å². The van der Waals surface area contributed by atoms with Crippen LogP contribution in [0, 0.1) is 5.92 Å². The first-order valence-corrected chi connectivity index (χ1v) is 21.1. The molecular weight excluding hydrogens is 854 g/mol. The van der Waals surface area contributed by atoms with Crippen LogP contribution in [0.5, 0.6) is 0 Å². The Morgan fingerprint density at radius 1 is 0.862 bits per heavy atom. The van der Waals surface area contributed by atoms with Crippen LogP contribution < -0.4 is 5.32 Å². The number of hydrogen-bond donors (Lipinski definition) is 5. The first-order valence-electron chi connectivity index (χ1n) is 21.1. The molecule has 2 fully saturated rings. The lowest BCUT2D eigenvalue weighted by Crippen LogP contribution is -2.51. The molecule has 0 radical (unpaired) electrons. The minimum Gasteiger partial charge on any atom is -0.475 e. The molecule has 5 heterocycles. The van der Waals surface area contributed by atoms with Crippen LogP contribution in [0.4, 0.5) is 22.8 Å². The molecule has 4 atom stereocenters. The highest BCUT2D eigenvalue weighted by Gasteiger charge is 2.40. The SMILES string of the molecule is CCC[C@@H](C(=O)N1CCC[C@H]1c1ncc(-c2ccc3nc(-c4ccc(-c5c[nH]c([C@@H]6CCCN6C(=O)[C@@H](NC(=O)OC)C(C)C)n5)cc4)cnc3c2)[nH]1)N(C)C(=O)O.O=C(O)C(F)(F)F. The summed E-state index contributed by atoms with van der Waals surface area (Å²) in [6.07, 6.45) is 2.81. The van der Waals surface area contributed by atoms with E-state index in [1.165, 1.54) is 14.2 Å². The van der Waals surface area contributed by atoms with Crippen molar-refractivity contribution in [1.82, 2.24) is 49.9 Å². The van der Waals surface area contributed by atoms with Crippen LogP contribution in [0.15, 0.2) is 61.1 Å². The van der Waals surface area contributed by atoms with Crippen molar-refractivity contribution >= 4 is 41.0 Å². The van der Waals surface area contributed by atoms with Crippen LogP contribution in [-0.4, -0.2) is 130 Å². The standard InChI is InChI=1S/C42H50N10O6.C2HF3O2/c1-6-9-35(50(4)42(56)57)39(53)51-18-7-10-33(51)37-45-23-32(48-37)27-16-17-28-29(20-27)43-21-30(46-28)25-12-14-26(15-13-25)31-22-44-38(47-31)34-11-8-19-52(34)40(54)36(24(2)3)49-41(55)58-5;3-2(4,5)1(6)7/h12-17,20-24,33-36H,6-11,18-19H2,1-5H3,(H,44,47)(H,45,48)(H,49,55)(H,56,57);(H,6,7)/t33-,34-,35-,36-;/m0./s1.